The first-order valence-electron chi connectivity index (χ1n) is 7.06. The molecule has 0 aliphatic rings. The predicted octanol–water partition coefficient (Wildman–Crippen LogP) is 2.49. The fraction of sp³-hybridized carbons (Fsp3) is 0.400. The number of aromatic nitrogens is 2. The molecule has 1 atom stereocenters. The Morgan fingerprint density at radius 3 is 2.71 bits per heavy atom. The van der Waals surface area contributed by atoms with Gasteiger partial charge in [0.2, 0.25) is 0 Å². The average Bonchev–Trinajstić information content (AvgIpc) is 2.92. The number of nitrogens with zero attached hydrogens (tertiary/aromatic N) is 2. The van der Waals surface area contributed by atoms with E-state index in [1.54, 1.807) is 6.07 Å². The Morgan fingerprint density at radius 1 is 1.33 bits per heavy atom. The quantitative estimate of drug-likeness (QED) is 0.636. The SMILES string of the molecule is CCc1cc(C(Cc2cccc(F)c2F)NN)n(CC)n1. The van der Waals surface area contributed by atoms with Gasteiger partial charge in [0.05, 0.1) is 17.4 Å². The molecule has 1 aromatic heterocycles. The second-order valence-electron chi connectivity index (χ2n) is 4.87. The maximum Gasteiger partial charge on any atom is 0.162 e. The smallest absolute Gasteiger partial charge is 0.162 e. The Hall–Kier alpha value is -1.79. The van der Waals surface area contributed by atoms with Crippen molar-refractivity contribution in [2.45, 2.75) is 39.3 Å². The van der Waals surface area contributed by atoms with E-state index < -0.39 is 11.6 Å². The summed E-state index contributed by atoms with van der Waals surface area (Å²) < 4.78 is 28.9. The number of nitrogens with one attached hydrogen (secondary N) is 1. The van der Waals surface area contributed by atoms with E-state index in [9.17, 15) is 8.78 Å². The van der Waals surface area contributed by atoms with Crippen LogP contribution in [0.5, 0.6) is 0 Å². The average molecular weight is 294 g/mol. The highest BCUT2D eigenvalue weighted by Gasteiger charge is 2.19. The molecule has 1 aromatic carbocycles. The predicted molar refractivity (Wildman–Crippen MR) is 77.4 cm³/mol. The molecule has 4 nitrogen and oxygen atoms in total. The molecule has 1 unspecified atom stereocenters. The minimum atomic E-state index is -0.846. The molecule has 6 heteroatoms. The first kappa shape index (κ1) is 15.6. The van der Waals surface area contributed by atoms with Crippen molar-refractivity contribution in [1.82, 2.24) is 15.2 Å². The van der Waals surface area contributed by atoms with Crippen LogP contribution in [-0.4, -0.2) is 9.78 Å². The zero-order valence-corrected chi connectivity index (χ0v) is 12.2. The summed E-state index contributed by atoms with van der Waals surface area (Å²) in [5, 5.41) is 4.45. The third kappa shape index (κ3) is 3.28. The normalized spacial score (nSPS) is 12.6. The Labute approximate surface area is 122 Å². The number of aryl methyl sites for hydroxylation is 2. The van der Waals surface area contributed by atoms with Crippen molar-refractivity contribution in [3.8, 4) is 0 Å². The Kier molecular flexibility index (Phi) is 5.03. The van der Waals surface area contributed by atoms with Crippen LogP contribution in [0.1, 0.15) is 36.8 Å². The van der Waals surface area contributed by atoms with Crippen LogP contribution in [0.3, 0.4) is 0 Å². The highest BCUT2D eigenvalue weighted by atomic mass is 19.2. The summed E-state index contributed by atoms with van der Waals surface area (Å²) in [4.78, 5) is 0. The van der Waals surface area contributed by atoms with Gasteiger partial charge in [-0.3, -0.25) is 16.0 Å². The van der Waals surface area contributed by atoms with Crippen LogP contribution in [0.2, 0.25) is 0 Å². The van der Waals surface area contributed by atoms with Crippen LogP contribution in [0, 0.1) is 11.6 Å². The topological polar surface area (TPSA) is 55.9 Å². The van der Waals surface area contributed by atoms with Gasteiger partial charge in [-0.15, -0.1) is 0 Å². The molecule has 114 valence electrons. The second kappa shape index (κ2) is 6.78. The molecule has 0 bridgehead atoms. The van der Waals surface area contributed by atoms with Crippen molar-refractivity contribution >= 4 is 0 Å². The maximum atomic E-state index is 13.8. The van der Waals surface area contributed by atoms with Gasteiger partial charge in [0.15, 0.2) is 11.6 Å². The van der Waals surface area contributed by atoms with E-state index in [1.165, 1.54) is 6.07 Å². The molecule has 0 saturated carbocycles. The standard InChI is InChI=1S/C15H20F2N4/c1-3-11-9-14(21(4-2)20-11)13(19-18)8-10-6-5-7-12(16)15(10)17/h5-7,9,13,19H,3-4,8,18H2,1-2H3. The number of benzene rings is 1. The first-order chi connectivity index (χ1) is 10.1. The van der Waals surface area contributed by atoms with Crippen molar-refractivity contribution < 1.29 is 8.78 Å². The molecule has 0 amide bonds. The fourth-order valence-electron chi connectivity index (χ4n) is 2.37. The van der Waals surface area contributed by atoms with Gasteiger partial charge >= 0.3 is 0 Å². The first-order valence-corrected chi connectivity index (χ1v) is 7.06. The lowest BCUT2D eigenvalue weighted by Gasteiger charge is -2.17. The van der Waals surface area contributed by atoms with Gasteiger partial charge in [0.1, 0.15) is 0 Å². The number of rotatable bonds is 6. The van der Waals surface area contributed by atoms with E-state index in [-0.39, 0.29) is 12.5 Å². The van der Waals surface area contributed by atoms with Crippen LogP contribution < -0.4 is 11.3 Å². The summed E-state index contributed by atoms with van der Waals surface area (Å²) >= 11 is 0. The highest BCUT2D eigenvalue weighted by Crippen LogP contribution is 2.22. The van der Waals surface area contributed by atoms with Gasteiger partial charge in [-0.1, -0.05) is 19.1 Å². The van der Waals surface area contributed by atoms with E-state index in [0.717, 1.165) is 23.9 Å². The van der Waals surface area contributed by atoms with Crippen molar-refractivity contribution in [1.29, 1.82) is 0 Å². The Bertz CT molecular complexity index is 610. The number of hydrogen-bond donors (Lipinski definition) is 2. The van der Waals surface area contributed by atoms with Crippen molar-refractivity contribution in [2.24, 2.45) is 5.84 Å². The second-order valence-corrected chi connectivity index (χ2v) is 4.87. The van der Waals surface area contributed by atoms with E-state index in [2.05, 4.69) is 10.5 Å². The minimum absolute atomic E-state index is 0.259. The molecule has 1 heterocycles. The molecule has 21 heavy (non-hydrogen) atoms. The fourth-order valence-corrected chi connectivity index (χ4v) is 2.37. The number of halogens is 2. The molecular formula is C15H20F2N4. The molecule has 0 saturated heterocycles. The summed E-state index contributed by atoms with van der Waals surface area (Å²) in [6.07, 6.45) is 1.07. The van der Waals surface area contributed by atoms with Crippen molar-refractivity contribution in [2.75, 3.05) is 0 Å². The highest BCUT2D eigenvalue weighted by molar-refractivity contribution is 5.23. The van der Waals surface area contributed by atoms with E-state index >= 15 is 0 Å². The molecule has 0 radical (unpaired) electrons. The summed E-state index contributed by atoms with van der Waals surface area (Å²) in [6, 6.07) is 5.79. The van der Waals surface area contributed by atoms with Gasteiger partial charge in [-0.25, -0.2) is 8.78 Å². The van der Waals surface area contributed by atoms with Crippen molar-refractivity contribution in [3.05, 3.63) is 52.9 Å². The molecule has 0 aliphatic heterocycles. The molecule has 0 aliphatic carbocycles. The van der Waals surface area contributed by atoms with Crippen LogP contribution in [0.25, 0.3) is 0 Å². The molecule has 2 rings (SSSR count). The maximum absolute atomic E-state index is 13.8. The summed E-state index contributed by atoms with van der Waals surface area (Å²) in [7, 11) is 0. The number of hydrogen-bond acceptors (Lipinski definition) is 3. The lowest BCUT2D eigenvalue weighted by atomic mass is 10.0. The largest absolute Gasteiger partial charge is 0.271 e. The zero-order valence-electron chi connectivity index (χ0n) is 12.2. The monoisotopic (exact) mass is 294 g/mol. The van der Waals surface area contributed by atoms with Crippen molar-refractivity contribution in [3.63, 3.8) is 0 Å². The molecule has 3 N–H and O–H groups in total. The van der Waals surface area contributed by atoms with Gasteiger partial charge < -0.3 is 0 Å². The van der Waals surface area contributed by atoms with E-state index in [4.69, 9.17) is 5.84 Å². The van der Waals surface area contributed by atoms with Gasteiger partial charge in [0, 0.05) is 6.54 Å². The molecule has 2 aromatic rings. The van der Waals surface area contributed by atoms with Gasteiger partial charge in [-0.05, 0) is 37.5 Å². The third-order valence-electron chi connectivity index (χ3n) is 3.54. The van der Waals surface area contributed by atoms with Crippen LogP contribution >= 0.6 is 0 Å². The van der Waals surface area contributed by atoms with E-state index in [0.29, 0.717) is 12.1 Å². The van der Waals surface area contributed by atoms with E-state index in [1.807, 2.05) is 24.6 Å². The lowest BCUT2D eigenvalue weighted by molar-refractivity contribution is 0.462. The van der Waals surface area contributed by atoms with Crippen LogP contribution in [0.4, 0.5) is 8.78 Å². The van der Waals surface area contributed by atoms with Crippen LogP contribution in [0.15, 0.2) is 24.3 Å². The lowest BCUT2D eigenvalue weighted by Crippen LogP contribution is -2.31. The Morgan fingerprint density at radius 2 is 2.10 bits per heavy atom. The summed E-state index contributed by atoms with van der Waals surface area (Å²) in [5.41, 5.74) is 4.79. The van der Waals surface area contributed by atoms with Gasteiger partial charge in [-0.2, -0.15) is 5.10 Å². The molecule has 0 fully saturated rings. The minimum Gasteiger partial charge on any atom is -0.271 e. The zero-order chi connectivity index (χ0) is 15.4. The third-order valence-corrected chi connectivity index (χ3v) is 3.54. The number of hydrazine groups is 1. The van der Waals surface area contributed by atoms with Gasteiger partial charge in [0.25, 0.3) is 0 Å². The summed E-state index contributed by atoms with van der Waals surface area (Å²) in [6.45, 7) is 4.69. The Balaban J connectivity index is 2.31. The number of nitrogens with two attached hydrogens (primary N) is 1. The van der Waals surface area contributed by atoms with Crippen LogP contribution in [-0.2, 0) is 19.4 Å². The summed E-state index contributed by atoms with van der Waals surface area (Å²) in [5.74, 6) is 3.94. The molecular weight excluding hydrogens is 274 g/mol. The molecule has 0 spiro atoms.